The molecule has 0 spiro atoms. The van der Waals surface area contributed by atoms with Crippen LogP contribution in [-0.2, 0) is 0 Å². The lowest BCUT2D eigenvalue weighted by Crippen LogP contribution is -2.40. The van der Waals surface area contributed by atoms with Gasteiger partial charge in [-0.1, -0.05) is 20.8 Å². The Morgan fingerprint density at radius 1 is 1.31 bits per heavy atom. The van der Waals surface area contributed by atoms with Crippen LogP contribution in [0.4, 0.5) is 0 Å². The average molecular weight is 226 g/mol. The molecular formula is C14H30N2. The van der Waals surface area contributed by atoms with Crippen LogP contribution in [-0.4, -0.2) is 31.1 Å². The summed E-state index contributed by atoms with van der Waals surface area (Å²) in [5, 5.41) is 0. The Bertz CT molecular complexity index is 189. The summed E-state index contributed by atoms with van der Waals surface area (Å²) in [6.45, 7) is 11.9. The second-order valence-electron chi connectivity index (χ2n) is 6.37. The lowest BCUT2D eigenvalue weighted by molar-refractivity contribution is 0.115. The zero-order valence-electron chi connectivity index (χ0n) is 11.5. The van der Waals surface area contributed by atoms with Gasteiger partial charge in [-0.3, -0.25) is 0 Å². The van der Waals surface area contributed by atoms with Crippen molar-refractivity contribution in [3.63, 3.8) is 0 Å². The predicted molar refractivity (Wildman–Crippen MR) is 71.5 cm³/mol. The third-order valence-electron chi connectivity index (χ3n) is 3.81. The Morgan fingerprint density at radius 2 is 2.06 bits per heavy atom. The summed E-state index contributed by atoms with van der Waals surface area (Å²) in [4.78, 5) is 2.65. The van der Waals surface area contributed by atoms with E-state index in [1.807, 2.05) is 0 Å². The summed E-state index contributed by atoms with van der Waals surface area (Å²) in [6, 6.07) is 0. The number of piperidine rings is 1. The van der Waals surface area contributed by atoms with Gasteiger partial charge in [0.15, 0.2) is 0 Å². The van der Waals surface area contributed by atoms with E-state index in [1.165, 1.54) is 51.7 Å². The monoisotopic (exact) mass is 226 g/mol. The minimum Gasteiger partial charge on any atom is -0.330 e. The third-order valence-corrected chi connectivity index (χ3v) is 3.81. The molecule has 1 fully saturated rings. The van der Waals surface area contributed by atoms with E-state index in [9.17, 15) is 0 Å². The van der Waals surface area contributed by atoms with E-state index in [-0.39, 0.29) is 0 Å². The topological polar surface area (TPSA) is 29.3 Å². The van der Waals surface area contributed by atoms with Crippen molar-refractivity contribution in [2.24, 2.45) is 17.1 Å². The molecule has 2 nitrogen and oxygen atoms in total. The van der Waals surface area contributed by atoms with Crippen LogP contribution in [0.2, 0.25) is 0 Å². The van der Waals surface area contributed by atoms with E-state index in [0.29, 0.717) is 5.41 Å². The Kier molecular flexibility index (Phi) is 5.77. The van der Waals surface area contributed by atoms with E-state index in [2.05, 4.69) is 25.7 Å². The molecule has 0 saturated carbocycles. The van der Waals surface area contributed by atoms with Crippen molar-refractivity contribution in [3.8, 4) is 0 Å². The lowest BCUT2D eigenvalue weighted by Gasteiger charge is -2.38. The number of rotatable bonds is 6. The van der Waals surface area contributed by atoms with Crippen molar-refractivity contribution >= 4 is 0 Å². The van der Waals surface area contributed by atoms with Crippen LogP contribution in [0.15, 0.2) is 0 Å². The summed E-state index contributed by atoms with van der Waals surface area (Å²) in [7, 11) is 0. The molecule has 1 atom stereocenters. The van der Waals surface area contributed by atoms with Crippen molar-refractivity contribution in [1.29, 1.82) is 0 Å². The SMILES string of the molecule is CC(CCN)CCCN1CCCC(C)(C)C1. The van der Waals surface area contributed by atoms with Crippen LogP contribution in [0.25, 0.3) is 0 Å². The van der Waals surface area contributed by atoms with Crippen molar-refractivity contribution in [3.05, 3.63) is 0 Å². The smallest absolute Gasteiger partial charge is 0.00327 e. The fraction of sp³-hybridized carbons (Fsp3) is 1.00. The Labute approximate surface area is 102 Å². The molecular weight excluding hydrogens is 196 g/mol. The number of nitrogens with two attached hydrogens (primary N) is 1. The normalized spacial score (nSPS) is 23.2. The molecule has 1 rings (SSSR count). The summed E-state index contributed by atoms with van der Waals surface area (Å²) in [5.74, 6) is 0.808. The van der Waals surface area contributed by atoms with E-state index in [4.69, 9.17) is 5.73 Å². The third kappa shape index (κ3) is 5.31. The molecule has 96 valence electrons. The minimum absolute atomic E-state index is 0.543. The maximum atomic E-state index is 5.57. The van der Waals surface area contributed by atoms with Crippen LogP contribution in [0, 0.1) is 11.3 Å². The Balaban J connectivity index is 2.13. The summed E-state index contributed by atoms with van der Waals surface area (Å²) >= 11 is 0. The molecule has 0 aromatic rings. The number of hydrogen-bond acceptors (Lipinski definition) is 2. The maximum absolute atomic E-state index is 5.57. The summed E-state index contributed by atoms with van der Waals surface area (Å²) < 4.78 is 0. The molecule has 0 aromatic carbocycles. The largest absolute Gasteiger partial charge is 0.330 e. The first-order valence-electron chi connectivity index (χ1n) is 6.96. The fourth-order valence-corrected chi connectivity index (χ4v) is 2.83. The van der Waals surface area contributed by atoms with Gasteiger partial charge in [-0.25, -0.2) is 0 Å². The standard InChI is InChI=1S/C14H30N2/c1-13(7-9-15)6-4-10-16-11-5-8-14(2,3)12-16/h13H,4-12,15H2,1-3H3. The number of nitrogens with zero attached hydrogens (tertiary/aromatic N) is 1. The van der Waals surface area contributed by atoms with Gasteiger partial charge in [-0.15, -0.1) is 0 Å². The fourth-order valence-electron chi connectivity index (χ4n) is 2.83. The Morgan fingerprint density at radius 3 is 2.69 bits per heavy atom. The van der Waals surface area contributed by atoms with Gasteiger partial charge >= 0.3 is 0 Å². The van der Waals surface area contributed by atoms with Crippen LogP contribution >= 0.6 is 0 Å². The van der Waals surface area contributed by atoms with Crippen LogP contribution in [0.3, 0.4) is 0 Å². The van der Waals surface area contributed by atoms with Crippen molar-refractivity contribution in [1.82, 2.24) is 4.90 Å². The van der Waals surface area contributed by atoms with Crippen LogP contribution in [0.1, 0.15) is 52.9 Å². The van der Waals surface area contributed by atoms with E-state index in [1.54, 1.807) is 0 Å². The second-order valence-corrected chi connectivity index (χ2v) is 6.37. The Hall–Kier alpha value is -0.0800. The second kappa shape index (κ2) is 6.61. The van der Waals surface area contributed by atoms with Crippen LogP contribution in [0.5, 0.6) is 0 Å². The van der Waals surface area contributed by atoms with Gasteiger partial charge in [0.2, 0.25) is 0 Å². The molecule has 0 bridgehead atoms. The number of hydrogen-bond donors (Lipinski definition) is 1. The first-order chi connectivity index (χ1) is 7.53. The van der Waals surface area contributed by atoms with Gasteiger partial charge in [0, 0.05) is 6.54 Å². The van der Waals surface area contributed by atoms with Crippen molar-refractivity contribution in [2.75, 3.05) is 26.2 Å². The molecule has 0 amide bonds. The number of likely N-dealkylation sites (tertiary alicyclic amines) is 1. The molecule has 1 aliphatic rings. The highest BCUT2D eigenvalue weighted by Crippen LogP contribution is 2.28. The van der Waals surface area contributed by atoms with E-state index in [0.717, 1.165) is 12.5 Å². The van der Waals surface area contributed by atoms with Crippen molar-refractivity contribution < 1.29 is 0 Å². The average Bonchev–Trinajstić information content (AvgIpc) is 2.16. The quantitative estimate of drug-likeness (QED) is 0.754. The molecule has 1 unspecified atom stereocenters. The predicted octanol–water partition coefficient (Wildman–Crippen LogP) is 2.87. The van der Waals surface area contributed by atoms with Gasteiger partial charge in [0.25, 0.3) is 0 Å². The molecule has 16 heavy (non-hydrogen) atoms. The zero-order chi connectivity index (χ0) is 12.0. The molecule has 0 radical (unpaired) electrons. The van der Waals surface area contributed by atoms with E-state index < -0.39 is 0 Å². The minimum atomic E-state index is 0.543. The van der Waals surface area contributed by atoms with E-state index >= 15 is 0 Å². The van der Waals surface area contributed by atoms with Gasteiger partial charge < -0.3 is 10.6 Å². The van der Waals surface area contributed by atoms with Crippen molar-refractivity contribution in [2.45, 2.75) is 52.9 Å². The first kappa shape index (κ1) is 14.0. The summed E-state index contributed by atoms with van der Waals surface area (Å²) in [5.41, 5.74) is 6.11. The molecule has 1 heterocycles. The maximum Gasteiger partial charge on any atom is 0.00327 e. The highest BCUT2D eigenvalue weighted by molar-refractivity contribution is 4.79. The van der Waals surface area contributed by atoms with Gasteiger partial charge in [0.1, 0.15) is 0 Å². The van der Waals surface area contributed by atoms with Gasteiger partial charge in [-0.2, -0.15) is 0 Å². The van der Waals surface area contributed by atoms with Gasteiger partial charge in [-0.05, 0) is 63.1 Å². The van der Waals surface area contributed by atoms with Crippen LogP contribution < -0.4 is 5.73 Å². The molecule has 0 aliphatic carbocycles. The first-order valence-corrected chi connectivity index (χ1v) is 6.96. The molecule has 1 aliphatic heterocycles. The summed E-state index contributed by atoms with van der Waals surface area (Å²) in [6.07, 6.45) is 6.65. The molecule has 2 heteroatoms. The molecule has 0 aromatic heterocycles. The van der Waals surface area contributed by atoms with Gasteiger partial charge in [0.05, 0.1) is 0 Å². The molecule has 2 N–H and O–H groups in total. The zero-order valence-corrected chi connectivity index (χ0v) is 11.5. The highest BCUT2D eigenvalue weighted by atomic mass is 15.1. The highest BCUT2D eigenvalue weighted by Gasteiger charge is 2.25. The molecule has 1 saturated heterocycles. The lowest BCUT2D eigenvalue weighted by atomic mass is 9.84.